The standard InChI is InChI=1S/C13H27NO2S/c1-3-14-12(2)8-6-7-11-17(15,16)13-9-4-5-10-13/h12-14H,3-11H2,1-2H3. The Labute approximate surface area is 106 Å². The molecule has 0 heterocycles. The first kappa shape index (κ1) is 15.0. The van der Waals surface area contributed by atoms with Crippen molar-refractivity contribution in [2.24, 2.45) is 0 Å². The highest BCUT2D eigenvalue weighted by Gasteiger charge is 2.27. The van der Waals surface area contributed by atoms with Crippen molar-refractivity contribution < 1.29 is 8.42 Å². The minimum atomic E-state index is -2.79. The van der Waals surface area contributed by atoms with Crippen LogP contribution in [0.1, 0.15) is 58.8 Å². The Balaban J connectivity index is 2.17. The molecule has 0 radical (unpaired) electrons. The van der Waals surface area contributed by atoms with Crippen molar-refractivity contribution in [3.63, 3.8) is 0 Å². The maximum Gasteiger partial charge on any atom is 0.153 e. The molecule has 0 aromatic rings. The molecule has 1 rings (SSSR count). The van der Waals surface area contributed by atoms with E-state index in [0.717, 1.165) is 51.5 Å². The third kappa shape index (κ3) is 5.38. The van der Waals surface area contributed by atoms with E-state index in [1.807, 2.05) is 0 Å². The highest BCUT2D eigenvalue weighted by molar-refractivity contribution is 7.92. The number of unbranched alkanes of at least 4 members (excludes halogenated alkanes) is 1. The van der Waals surface area contributed by atoms with Gasteiger partial charge in [-0.05, 0) is 39.2 Å². The predicted octanol–water partition coefficient (Wildman–Crippen LogP) is 2.51. The molecule has 0 amide bonds. The van der Waals surface area contributed by atoms with Gasteiger partial charge >= 0.3 is 0 Å². The molecule has 0 aromatic carbocycles. The summed E-state index contributed by atoms with van der Waals surface area (Å²) in [6, 6.07) is 0.509. The molecule has 1 aliphatic carbocycles. The van der Waals surface area contributed by atoms with Crippen molar-refractivity contribution in [3.8, 4) is 0 Å². The minimum absolute atomic E-state index is 0.0197. The van der Waals surface area contributed by atoms with Gasteiger partial charge < -0.3 is 5.32 Å². The highest BCUT2D eigenvalue weighted by Crippen LogP contribution is 2.25. The third-order valence-electron chi connectivity index (χ3n) is 3.68. The lowest BCUT2D eigenvalue weighted by molar-refractivity contribution is 0.506. The molecule has 0 bridgehead atoms. The van der Waals surface area contributed by atoms with Crippen molar-refractivity contribution >= 4 is 9.84 Å². The largest absolute Gasteiger partial charge is 0.315 e. The number of rotatable bonds is 8. The summed E-state index contributed by atoms with van der Waals surface area (Å²) in [5, 5.41) is 3.33. The molecule has 17 heavy (non-hydrogen) atoms. The molecule has 1 saturated carbocycles. The minimum Gasteiger partial charge on any atom is -0.315 e. The number of hydrogen-bond acceptors (Lipinski definition) is 3. The van der Waals surface area contributed by atoms with E-state index in [1.54, 1.807) is 0 Å². The fraction of sp³-hybridized carbons (Fsp3) is 1.00. The zero-order chi connectivity index (χ0) is 12.7. The van der Waals surface area contributed by atoms with Gasteiger partial charge in [0.25, 0.3) is 0 Å². The number of nitrogens with one attached hydrogen (secondary N) is 1. The van der Waals surface area contributed by atoms with Gasteiger partial charge in [0.2, 0.25) is 0 Å². The van der Waals surface area contributed by atoms with Crippen molar-refractivity contribution in [3.05, 3.63) is 0 Å². The lowest BCUT2D eigenvalue weighted by atomic mass is 10.1. The van der Waals surface area contributed by atoms with Crippen LogP contribution in [0.25, 0.3) is 0 Å². The maximum atomic E-state index is 12.0. The summed E-state index contributed by atoms with van der Waals surface area (Å²) in [5.74, 6) is 0.399. The van der Waals surface area contributed by atoms with Crippen LogP contribution < -0.4 is 5.32 Å². The van der Waals surface area contributed by atoms with Crippen LogP contribution >= 0.6 is 0 Å². The molecular weight excluding hydrogens is 234 g/mol. The van der Waals surface area contributed by atoms with Gasteiger partial charge in [0.1, 0.15) is 0 Å². The molecular formula is C13H27NO2S. The van der Waals surface area contributed by atoms with E-state index >= 15 is 0 Å². The molecule has 0 spiro atoms. The zero-order valence-corrected chi connectivity index (χ0v) is 12.1. The van der Waals surface area contributed by atoms with Crippen LogP contribution in [0.15, 0.2) is 0 Å². The van der Waals surface area contributed by atoms with Crippen LogP contribution in [0.2, 0.25) is 0 Å². The smallest absolute Gasteiger partial charge is 0.153 e. The van der Waals surface area contributed by atoms with Crippen LogP contribution in [0.5, 0.6) is 0 Å². The first-order valence-corrected chi connectivity index (χ1v) is 8.72. The molecule has 0 aromatic heterocycles. The summed E-state index contributed by atoms with van der Waals surface area (Å²) < 4.78 is 24.0. The van der Waals surface area contributed by atoms with E-state index in [9.17, 15) is 8.42 Å². The van der Waals surface area contributed by atoms with Crippen LogP contribution in [0.4, 0.5) is 0 Å². The van der Waals surface area contributed by atoms with Crippen molar-refractivity contribution in [2.45, 2.75) is 70.1 Å². The lowest BCUT2D eigenvalue weighted by Crippen LogP contribution is -2.26. The Kier molecular flexibility index (Phi) is 6.49. The zero-order valence-electron chi connectivity index (χ0n) is 11.2. The molecule has 4 heteroatoms. The lowest BCUT2D eigenvalue weighted by Gasteiger charge is -2.13. The first-order chi connectivity index (χ1) is 8.06. The van der Waals surface area contributed by atoms with Crippen LogP contribution in [0.3, 0.4) is 0 Å². The first-order valence-electron chi connectivity index (χ1n) is 7.01. The van der Waals surface area contributed by atoms with E-state index in [1.165, 1.54) is 0 Å². The summed E-state index contributed by atoms with van der Waals surface area (Å²) in [6.45, 7) is 5.25. The average Bonchev–Trinajstić information content (AvgIpc) is 2.79. The topological polar surface area (TPSA) is 46.2 Å². The van der Waals surface area contributed by atoms with E-state index in [4.69, 9.17) is 0 Å². The summed E-state index contributed by atoms with van der Waals surface area (Å²) in [4.78, 5) is 0. The Morgan fingerprint density at radius 3 is 2.47 bits per heavy atom. The Morgan fingerprint density at radius 2 is 1.88 bits per heavy atom. The summed E-state index contributed by atoms with van der Waals surface area (Å²) in [6.07, 6.45) is 6.91. The Hall–Kier alpha value is -0.0900. The second-order valence-electron chi connectivity index (χ2n) is 5.23. The van der Waals surface area contributed by atoms with Crippen molar-refractivity contribution in [1.82, 2.24) is 5.32 Å². The van der Waals surface area contributed by atoms with Crippen LogP contribution in [0, 0.1) is 0 Å². The normalized spacial score (nSPS) is 19.6. The maximum absolute atomic E-state index is 12.0. The fourth-order valence-electron chi connectivity index (χ4n) is 2.62. The van der Waals surface area contributed by atoms with Crippen molar-refractivity contribution in [1.29, 1.82) is 0 Å². The second kappa shape index (κ2) is 7.37. The van der Waals surface area contributed by atoms with Crippen LogP contribution in [-0.4, -0.2) is 32.0 Å². The highest BCUT2D eigenvalue weighted by atomic mass is 32.2. The third-order valence-corrected chi connectivity index (χ3v) is 6.02. The van der Waals surface area contributed by atoms with E-state index in [0.29, 0.717) is 11.8 Å². The molecule has 1 unspecified atom stereocenters. The van der Waals surface area contributed by atoms with E-state index in [-0.39, 0.29) is 5.25 Å². The van der Waals surface area contributed by atoms with Gasteiger partial charge in [0.15, 0.2) is 9.84 Å². The van der Waals surface area contributed by atoms with Gasteiger partial charge in [-0.1, -0.05) is 26.2 Å². The molecule has 0 aliphatic heterocycles. The average molecular weight is 261 g/mol. The molecule has 1 aliphatic rings. The van der Waals surface area contributed by atoms with Gasteiger partial charge in [-0.3, -0.25) is 0 Å². The van der Waals surface area contributed by atoms with Gasteiger partial charge in [-0.2, -0.15) is 0 Å². The summed E-state index contributed by atoms with van der Waals surface area (Å²) in [5.41, 5.74) is 0. The quantitative estimate of drug-likeness (QED) is 0.683. The van der Waals surface area contributed by atoms with Crippen molar-refractivity contribution in [2.75, 3.05) is 12.3 Å². The second-order valence-corrected chi connectivity index (χ2v) is 7.63. The molecule has 3 nitrogen and oxygen atoms in total. The van der Waals surface area contributed by atoms with Gasteiger partial charge in [-0.15, -0.1) is 0 Å². The molecule has 1 fully saturated rings. The van der Waals surface area contributed by atoms with Gasteiger partial charge in [0.05, 0.1) is 11.0 Å². The Morgan fingerprint density at radius 1 is 1.24 bits per heavy atom. The van der Waals surface area contributed by atoms with E-state index < -0.39 is 9.84 Å². The Bertz CT molecular complexity index is 295. The monoisotopic (exact) mass is 261 g/mol. The summed E-state index contributed by atoms with van der Waals surface area (Å²) in [7, 11) is -2.79. The number of hydrogen-bond donors (Lipinski definition) is 1. The van der Waals surface area contributed by atoms with Crippen LogP contribution in [-0.2, 0) is 9.84 Å². The molecule has 1 atom stereocenters. The van der Waals surface area contributed by atoms with Gasteiger partial charge in [0, 0.05) is 6.04 Å². The SMILES string of the molecule is CCNC(C)CCCCS(=O)(=O)C1CCCC1. The predicted molar refractivity (Wildman–Crippen MR) is 73.0 cm³/mol. The van der Waals surface area contributed by atoms with E-state index in [2.05, 4.69) is 19.2 Å². The summed E-state index contributed by atoms with van der Waals surface area (Å²) >= 11 is 0. The molecule has 1 N–H and O–H groups in total. The van der Waals surface area contributed by atoms with Gasteiger partial charge in [-0.25, -0.2) is 8.42 Å². The molecule has 0 saturated heterocycles. The number of sulfone groups is 1. The molecule has 102 valence electrons. The fourth-order valence-corrected chi connectivity index (χ4v) is 4.61.